The monoisotopic (exact) mass is 263 g/mol. The van der Waals surface area contributed by atoms with Crippen molar-refractivity contribution in [2.45, 2.75) is 32.9 Å². The van der Waals surface area contributed by atoms with Crippen LogP contribution in [0.4, 0.5) is 0 Å². The zero-order valence-corrected chi connectivity index (χ0v) is 12.3. The van der Waals surface area contributed by atoms with E-state index in [0.29, 0.717) is 0 Å². The normalized spacial score (nSPS) is 18.7. The van der Waals surface area contributed by atoms with Gasteiger partial charge < -0.3 is 5.11 Å². The molecular weight excluding hydrogens is 238 g/mol. The van der Waals surface area contributed by atoms with Gasteiger partial charge in [0.1, 0.15) is 0 Å². The van der Waals surface area contributed by atoms with Crippen molar-refractivity contribution in [3.63, 3.8) is 0 Å². The summed E-state index contributed by atoms with van der Waals surface area (Å²) in [6, 6.07) is 2.20. The van der Waals surface area contributed by atoms with E-state index in [1.807, 2.05) is 26.2 Å². The van der Waals surface area contributed by atoms with E-state index in [1.54, 1.807) is 0 Å². The molecule has 0 spiro atoms. The molecular formula is C15H25N3O. The van der Waals surface area contributed by atoms with Gasteiger partial charge in [-0.1, -0.05) is 6.07 Å². The summed E-state index contributed by atoms with van der Waals surface area (Å²) >= 11 is 0. The lowest BCUT2D eigenvalue weighted by molar-refractivity contribution is 0.0166. The maximum Gasteiger partial charge on any atom is 0.0718 e. The SMILES string of the molecule is Cc1cncc(CN2CCN(CC(C)(C)O)CC2)c1. The van der Waals surface area contributed by atoms with Crippen LogP contribution in [0.5, 0.6) is 0 Å². The number of piperazine rings is 1. The highest BCUT2D eigenvalue weighted by atomic mass is 16.3. The van der Waals surface area contributed by atoms with Gasteiger partial charge in [-0.25, -0.2) is 0 Å². The van der Waals surface area contributed by atoms with E-state index < -0.39 is 5.60 Å². The van der Waals surface area contributed by atoms with Gasteiger partial charge in [-0.3, -0.25) is 14.8 Å². The van der Waals surface area contributed by atoms with Crippen LogP contribution in [-0.4, -0.2) is 58.2 Å². The van der Waals surface area contributed by atoms with E-state index in [-0.39, 0.29) is 0 Å². The molecule has 0 aromatic carbocycles. The predicted molar refractivity (Wildman–Crippen MR) is 77.0 cm³/mol. The molecule has 0 unspecified atom stereocenters. The summed E-state index contributed by atoms with van der Waals surface area (Å²) in [7, 11) is 0. The fourth-order valence-corrected chi connectivity index (χ4v) is 2.61. The largest absolute Gasteiger partial charge is 0.389 e. The lowest BCUT2D eigenvalue weighted by Gasteiger charge is -2.37. The molecule has 2 rings (SSSR count). The maximum atomic E-state index is 9.84. The van der Waals surface area contributed by atoms with Gasteiger partial charge in [0.05, 0.1) is 5.60 Å². The zero-order valence-electron chi connectivity index (χ0n) is 12.3. The number of aliphatic hydroxyl groups is 1. The molecule has 1 aromatic rings. The first kappa shape index (κ1) is 14.4. The van der Waals surface area contributed by atoms with Crippen molar-refractivity contribution in [2.75, 3.05) is 32.7 Å². The topological polar surface area (TPSA) is 39.6 Å². The quantitative estimate of drug-likeness (QED) is 0.888. The summed E-state index contributed by atoms with van der Waals surface area (Å²) < 4.78 is 0. The Labute approximate surface area is 116 Å². The number of nitrogens with zero attached hydrogens (tertiary/aromatic N) is 3. The molecule has 1 aromatic heterocycles. The Kier molecular flexibility index (Phi) is 4.55. The van der Waals surface area contributed by atoms with Gasteiger partial charge >= 0.3 is 0 Å². The van der Waals surface area contributed by atoms with E-state index >= 15 is 0 Å². The molecule has 0 radical (unpaired) electrons. The van der Waals surface area contributed by atoms with Crippen LogP contribution in [0.1, 0.15) is 25.0 Å². The molecule has 106 valence electrons. The summed E-state index contributed by atoms with van der Waals surface area (Å²) in [5.41, 5.74) is 1.91. The molecule has 1 N–H and O–H groups in total. The molecule has 0 amide bonds. The highest BCUT2D eigenvalue weighted by Gasteiger charge is 2.22. The molecule has 1 fully saturated rings. The van der Waals surface area contributed by atoms with Gasteiger partial charge in [-0.05, 0) is 31.9 Å². The van der Waals surface area contributed by atoms with Crippen LogP contribution >= 0.6 is 0 Å². The van der Waals surface area contributed by atoms with Gasteiger partial charge in [0.25, 0.3) is 0 Å². The molecule has 2 heterocycles. The van der Waals surface area contributed by atoms with Crippen molar-refractivity contribution in [3.8, 4) is 0 Å². The molecule has 0 saturated carbocycles. The van der Waals surface area contributed by atoms with E-state index in [1.165, 1.54) is 11.1 Å². The maximum absolute atomic E-state index is 9.84. The minimum Gasteiger partial charge on any atom is -0.389 e. The van der Waals surface area contributed by atoms with Crippen molar-refractivity contribution >= 4 is 0 Å². The molecule has 19 heavy (non-hydrogen) atoms. The highest BCUT2D eigenvalue weighted by molar-refractivity contribution is 5.16. The molecule has 0 bridgehead atoms. The summed E-state index contributed by atoms with van der Waals surface area (Å²) in [4.78, 5) is 9.04. The van der Waals surface area contributed by atoms with E-state index in [4.69, 9.17) is 0 Å². The Morgan fingerprint density at radius 2 is 1.79 bits per heavy atom. The number of aromatic nitrogens is 1. The minimum absolute atomic E-state index is 0.595. The first-order valence-electron chi connectivity index (χ1n) is 7.00. The summed E-state index contributed by atoms with van der Waals surface area (Å²) in [5, 5.41) is 9.84. The van der Waals surface area contributed by atoms with Crippen LogP contribution in [0.2, 0.25) is 0 Å². The predicted octanol–water partition coefficient (Wildman–Crippen LogP) is 1.28. The second-order valence-corrected chi connectivity index (χ2v) is 6.24. The zero-order chi connectivity index (χ0) is 13.9. The van der Waals surface area contributed by atoms with E-state index in [2.05, 4.69) is 27.8 Å². The smallest absolute Gasteiger partial charge is 0.0718 e. The summed E-state index contributed by atoms with van der Waals surface area (Å²) in [6.07, 6.45) is 3.85. The van der Waals surface area contributed by atoms with Crippen molar-refractivity contribution in [1.29, 1.82) is 0 Å². The van der Waals surface area contributed by atoms with Crippen molar-refractivity contribution in [2.24, 2.45) is 0 Å². The third-order valence-electron chi connectivity index (χ3n) is 3.41. The number of hydrogen-bond acceptors (Lipinski definition) is 4. The molecule has 0 atom stereocenters. The second kappa shape index (κ2) is 5.99. The van der Waals surface area contributed by atoms with Crippen LogP contribution in [0.25, 0.3) is 0 Å². The Morgan fingerprint density at radius 3 is 2.37 bits per heavy atom. The van der Waals surface area contributed by atoms with Crippen molar-refractivity contribution < 1.29 is 5.11 Å². The third kappa shape index (κ3) is 4.90. The van der Waals surface area contributed by atoms with Crippen molar-refractivity contribution in [3.05, 3.63) is 29.6 Å². The number of hydrogen-bond donors (Lipinski definition) is 1. The van der Waals surface area contributed by atoms with Crippen LogP contribution < -0.4 is 0 Å². The van der Waals surface area contributed by atoms with Gasteiger partial charge in [0, 0.05) is 51.7 Å². The summed E-state index contributed by atoms with van der Waals surface area (Å²) in [5.74, 6) is 0. The number of β-amino-alcohol motifs (C(OH)–C–C–N with tert-alkyl or cyclic N) is 1. The van der Waals surface area contributed by atoms with Crippen LogP contribution in [0, 0.1) is 6.92 Å². The Balaban J connectivity index is 1.80. The van der Waals surface area contributed by atoms with Gasteiger partial charge in [-0.2, -0.15) is 0 Å². The van der Waals surface area contributed by atoms with Crippen molar-refractivity contribution in [1.82, 2.24) is 14.8 Å². The van der Waals surface area contributed by atoms with E-state index in [0.717, 1.165) is 39.3 Å². The first-order chi connectivity index (χ1) is 8.92. The van der Waals surface area contributed by atoms with Crippen LogP contribution in [0.15, 0.2) is 18.5 Å². The molecule has 1 saturated heterocycles. The summed E-state index contributed by atoms with van der Waals surface area (Å²) in [6.45, 7) is 11.7. The Bertz CT molecular complexity index is 406. The molecule has 4 heteroatoms. The van der Waals surface area contributed by atoms with E-state index in [9.17, 15) is 5.11 Å². The highest BCUT2D eigenvalue weighted by Crippen LogP contribution is 2.11. The third-order valence-corrected chi connectivity index (χ3v) is 3.41. The average Bonchev–Trinajstić information content (AvgIpc) is 2.30. The number of aryl methyl sites for hydroxylation is 1. The lowest BCUT2D eigenvalue weighted by Crippen LogP contribution is -2.50. The van der Waals surface area contributed by atoms with Gasteiger partial charge in [-0.15, -0.1) is 0 Å². The van der Waals surface area contributed by atoms with Gasteiger partial charge in [0.15, 0.2) is 0 Å². The first-order valence-corrected chi connectivity index (χ1v) is 7.00. The lowest BCUT2D eigenvalue weighted by atomic mass is 10.1. The number of rotatable bonds is 4. The molecule has 0 aliphatic carbocycles. The standard InChI is InChI=1S/C15H25N3O/c1-13-8-14(10-16-9-13)11-17-4-6-18(7-5-17)12-15(2,3)19/h8-10,19H,4-7,11-12H2,1-3H3. The average molecular weight is 263 g/mol. The molecule has 1 aliphatic heterocycles. The molecule has 4 nitrogen and oxygen atoms in total. The Hall–Kier alpha value is -0.970. The minimum atomic E-state index is -0.595. The fraction of sp³-hybridized carbons (Fsp3) is 0.667. The Morgan fingerprint density at radius 1 is 1.16 bits per heavy atom. The van der Waals surface area contributed by atoms with Crippen LogP contribution in [0.3, 0.4) is 0 Å². The van der Waals surface area contributed by atoms with Gasteiger partial charge in [0.2, 0.25) is 0 Å². The fourth-order valence-electron chi connectivity index (χ4n) is 2.61. The van der Waals surface area contributed by atoms with Crippen LogP contribution in [-0.2, 0) is 6.54 Å². The molecule has 1 aliphatic rings. The number of pyridine rings is 1. The second-order valence-electron chi connectivity index (χ2n) is 6.24.